The molecule has 0 bridgehead atoms. The number of piperidine rings is 1. The molecule has 1 aliphatic rings. The summed E-state index contributed by atoms with van der Waals surface area (Å²) in [6.07, 6.45) is 4.45. The van der Waals surface area contributed by atoms with E-state index >= 15 is 0 Å². The molecule has 1 aliphatic heterocycles. The van der Waals surface area contributed by atoms with E-state index in [-0.39, 0.29) is 0 Å². The summed E-state index contributed by atoms with van der Waals surface area (Å²) in [5.41, 5.74) is 0.298. The molecule has 0 spiro atoms. The van der Waals surface area contributed by atoms with Gasteiger partial charge in [0.1, 0.15) is 0 Å². The summed E-state index contributed by atoms with van der Waals surface area (Å²) >= 11 is 1.78. The molecule has 0 aromatic carbocycles. The van der Waals surface area contributed by atoms with Gasteiger partial charge < -0.3 is 5.32 Å². The highest BCUT2D eigenvalue weighted by molar-refractivity contribution is 7.09. The Morgan fingerprint density at radius 3 is 3.17 bits per heavy atom. The molecule has 0 aliphatic carbocycles. The van der Waals surface area contributed by atoms with Crippen molar-refractivity contribution >= 4 is 11.3 Å². The lowest BCUT2D eigenvalue weighted by Crippen LogP contribution is -2.40. The van der Waals surface area contributed by atoms with Crippen molar-refractivity contribution in [1.82, 2.24) is 10.3 Å². The maximum atomic E-state index is 4.39. The van der Waals surface area contributed by atoms with Gasteiger partial charge in [0.05, 0.1) is 5.01 Å². The second-order valence-electron chi connectivity index (χ2n) is 3.68. The van der Waals surface area contributed by atoms with Gasteiger partial charge in [-0.15, -0.1) is 11.3 Å². The van der Waals surface area contributed by atoms with Crippen molar-refractivity contribution in [2.24, 2.45) is 0 Å². The van der Waals surface area contributed by atoms with Crippen molar-refractivity contribution in [3.63, 3.8) is 0 Å². The van der Waals surface area contributed by atoms with Gasteiger partial charge in [0.25, 0.3) is 0 Å². The lowest BCUT2D eigenvalue weighted by molar-refractivity contribution is 0.338. The first-order valence-electron chi connectivity index (χ1n) is 4.42. The predicted molar refractivity (Wildman–Crippen MR) is 51.6 cm³/mol. The van der Waals surface area contributed by atoms with E-state index in [2.05, 4.69) is 22.6 Å². The molecule has 1 saturated heterocycles. The van der Waals surface area contributed by atoms with Crippen molar-refractivity contribution in [1.29, 1.82) is 0 Å². The Labute approximate surface area is 77.0 Å². The molecule has 1 aromatic heterocycles. The number of aromatic nitrogens is 1. The monoisotopic (exact) mass is 182 g/mol. The molecule has 2 nitrogen and oxygen atoms in total. The molecule has 0 saturated carbocycles. The van der Waals surface area contributed by atoms with Gasteiger partial charge in [-0.1, -0.05) is 6.92 Å². The maximum absolute atomic E-state index is 4.39. The first-order chi connectivity index (χ1) is 5.81. The molecule has 12 heavy (non-hydrogen) atoms. The van der Waals surface area contributed by atoms with Crippen LogP contribution in [0.15, 0.2) is 11.6 Å². The van der Waals surface area contributed by atoms with E-state index in [1.54, 1.807) is 11.3 Å². The predicted octanol–water partition coefficient (Wildman–Crippen LogP) is 1.78. The standard InChI is InChI=1S/C9H14N2S/c1-9(3-2-4-10-7-9)8-11-5-6-12-8/h5-6,10H,2-4,7H2,1H3. The Morgan fingerprint density at radius 2 is 2.58 bits per heavy atom. The average Bonchev–Trinajstić information content (AvgIpc) is 2.58. The molecule has 2 rings (SSSR count). The van der Waals surface area contributed by atoms with Gasteiger partial charge in [-0.25, -0.2) is 4.98 Å². The summed E-state index contributed by atoms with van der Waals surface area (Å²) in [6.45, 7) is 4.56. The van der Waals surface area contributed by atoms with Crippen LogP contribution in [-0.4, -0.2) is 18.1 Å². The summed E-state index contributed by atoms with van der Waals surface area (Å²) < 4.78 is 0. The van der Waals surface area contributed by atoms with E-state index in [0.717, 1.165) is 6.54 Å². The van der Waals surface area contributed by atoms with Crippen molar-refractivity contribution in [3.05, 3.63) is 16.6 Å². The number of hydrogen-bond donors (Lipinski definition) is 1. The zero-order valence-corrected chi connectivity index (χ0v) is 8.16. The third kappa shape index (κ3) is 1.39. The van der Waals surface area contributed by atoms with Crippen LogP contribution in [0.3, 0.4) is 0 Å². The summed E-state index contributed by atoms with van der Waals surface area (Å²) in [5, 5.41) is 6.78. The lowest BCUT2D eigenvalue weighted by Gasteiger charge is -2.32. The topological polar surface area (TPSA) is 24.9 Å². The zero-order chi connectivity index (χ0) is 8.44. The minimum atomic E-state index is 0.298. The zero-order valence-electron chi connectivity index (χ0n) is 7.34. The molecule has 1 atom stereocenters. The van der Waals surface area contributed by atoms with Crippen LogP contribution in [-0.2, 0) is 5.41 Å². The summed E-state index contributed by atoms with van der Waals surface area (Å²) in [6, 6.07) is 0. The van der Waals surface area contributed by atoms with Crippen LogP contribution < -0.4 is 5.32 Å². The van der Waals surface area contributed by atoms with Crippen LogP contribution in [0.1, 0.15) is 24.8 Å². The quantitative estimate of drug-likeness (QED) is 0.716. The average molecular weight is 182 g/mol. The Hall–Kier alpha value is -0.410. The number of rotatable bonds is 1. The van der Waals surface area contributed by atoms with E-state index in [0.29, 0.717) is 5.41 Å². The number of hydrogen-bond acceptors (Lipinski definition) is 3. The third-order valence-corrected chi connectivity index (χ3v) is 3.63. The van der Waals surface area contributed by atoms with Crippen LogP contribution in [0.4, 0.5) is 0 Å². The Bertz CT molecular complexity index is 237. The molecular weight excluding hydrogens is 168 g/mol. The summed E-state index contributed by atoms with van der Waals surface area (Å²) in [4.78, 5) is 4.39. The molecule has 1 unspecified atom stereocenters. The molecule has 1 fully saturated rings. The fourth-order valence-electron chi connectivity index (χ4n) is 1.76. The molecule has 1 aromatic rings. The number of thiazole rings is 1. The fraction of sp³-hybridized carbons (Fsp3) is 0.667. The highest BCUT2D eigenvalue weighted by Gasteiger charge is 2.30. The first kappa shape index (κ1) is 8.20. The molecular formula is C9H14N2S. The van der Waals surface area contributed by atoms with Gasteiger partial charge >= 0.3 is 0 Å². The highest BCUT2D eigenvalue weighted by Crippen LogP contribution is 2.31. The molecule has 2 heterocycles. The van der Waals surface area contributed by atoms with Crippen LogP contribution in [0, 0.1) is 0 Å². The van der Waals surface area contributed by atoms with Gasteiger partial charge in [0.2, 0.25) is 0 Å². The van der Waals surface area contributed by atoms with Gasteiger partial charge in [0.15, 0.2) is 0 Å². The van der Waals surface area contributed by atoms with Crippen LogP contribution >= 0.6 is 11.3 Å². The second kappa shape index (κ2) is 3.15. The Morgan fingerprint density at radius 1 is 1.67 bits per heavy atom. The molecule has 0 radical (unpaired) electrons. The van der Waals surface area contributed by atoms with Crippen molar-refractivity contribution in [3.8, 4) is 0 Å². The fourth-order valence-corrected chi connectivity index (χ4v) is 2.59. The maximum Gasteiger partial charge on any atom is 0.0996 e. The van der Waals surface area contributed by atoms with E-state index in [4.69, 9.17) is 0 Å². The van der Waals surface area contributed by atoms with Crippen LogP contribution in [0.5, 0.6) is 0 Å². The first-order valence-corrected chi connectivity index (χ1v) is 5.30. The summed E-state index contributed by atoms with van der Waals surface area (Å²) in [5.74, 6) is 0. The normalized spacial score (nSPS) is 30.4. The molecule has 0 amide bonds. The van der Waals surface area contributed by atoms with Crippen molar-refractivity contribution in [2.45, 2.75) is 25.2 Å². The van der Waals surface area contributed by atoms with Crippen molar-refractivity contribution < 1.29 is 0 Å². The van der Waals surface area contributed by atoms with E-state index in [1.807, 2.05) is 6.20 Å². The highest BCUT2D eigenvalue weighted by atomic mass is 32.1. The molecule has 3 heteroatoms. The van der Waals surface area contributed by atoms with Gasteiger partial charge in [0, 0.05) is 23.5 Å². The van der Waals surface area contributed by atoms with Crippen LogP contribution in [0.25, 0.3) is 0 Å². The van der Waals surface area contributed by atoms with E-state index in [9.17, 15) is 0 Å². The van der Waals surface area contributed by atoms with E-state index in [1.165, 1.54) is 24.4 Å². The minimum Gasteiger partial charge on any atom is -0.316 e. The SMILES string of the molecule is CC1(c2nccs2)CCCNC1. The van der Waals surface area contributed by atoms with Crippen LogP contribution in [0.2, 0.25) is 0 Å². The third-order valence-electron chi connectivity index (χ3n) is 2.55. The van der Waals surface area contributed by atoms with Gasteiger partial charge in [-0.2, -0.15) is 0 Å². The lowest BCUT2D eigenvalue weighted by atomic mass is 9.83. The molecule has 66 valence electrons. The Kier molecular flexibility index (Phi) is 2.15. The minimum absolute atomic E-state index is 0.298. The van der Waals surface area contributed by atoms with Gasteiger partial charge in [-0.3, -0.25) is 0 Å². The number of nitrogens with one attached hydrogen (secondary N) is 1. The summed E-state index contributed by atoms with van der Waals surface area (Å²) in [7, 11) is 0. The van der Waals surface area contributed by atoms with E-state index < -0.39 is 0 Å². The smallest absolute Gasteiger partial charge is 0.0996 e. The number of nitrogens with zero attached hydrogens (tertiary/aromatic N) is 1. The van der Waals surface area contributed by atoms with Crippen molar-refractivity contribution in [2.75, 3.05) is 13.1 Å². The van der Waals surface area contributed by atoms with Gasteiger partial charge in [-0.05, 0) is 19.4 Å². The molecule has 1 N–H and O–H groups in total. The second-order valence-corrected chi connectivity index (χ2v) is 4.57. The Balaban J connectivity index is 2.19. The largest absolute Gasteiger partial charge is 0.316 e.